The highest BCUT2D eigenvalue weighted by Crippen LogP contribution is 2.37. The quantitative estimate of drug-likeness (QED) is 0.414. The number of amides is 1. The van der Waals surface area contributed by atoms with Crippen molar-refractivity contribution in [3.05, 3.63) is 54.0 Å². The number of methoxy groups -OCH3 is 1. The van der Waals surface area contributed by atoms with Crippen LogP contribution in [0.4, 0.5) is 0 Å². The molecule has 4 aromatic rings. The summed E-state index contributed by atoms with van der Waals surface area (Å²) in [6.07, 6.45) is 3.45. The molecule has 3 aromatic heterocycles. The third kappa shape index (κ3) is 4.77. The molecule has 4 rings (SSSR count). The second kappa shape index (κ2) is 9.87. The molecule has 3 heterocycles. The maximum Gasteiger partial charge on any atom is 0.236 e. The van der Waals surface area contributed by atoms with Crippen LogP contribution in [0.5, 0.6) is 5.75 Å². The molecule has 9 nitrogen and oxygen atoms in total. The van der Waals surface area contributed by atoms with Gasteiger partial charge in [0.15, 0.2) is 11.4 Å². The van der Waals surface area contributed by atoms with Crippen molar-refractivity contribution in [3.8, 4) is 28.3 Å². The number of aromatic amines is 1. The van der Waals surface area contributed by atoms with Gasteiger partial charge in [0.2, 0.25) is 5.91 Å². The van der Waals surface area contributed by atoms with E-state index in [1.807, 2.05) is 19.3 Å². The lowest BCUT2D eigenvalue weighted by molar-refractivity contribution is -0.130. The highest BCUT2D eigenvalue weighted by Gasteiger charge is 2.22. The predicted molar refractivity (Wildman–Crippen MR) is 136 cm³/mol. The molecule has 0 unspecified atom stereocenters. The Labute approximate surface area is 205 Å². The van der Waals surface area contributed by atoms with Crippen LogP contribution in [0.25, 0.3) is 28.2 Å². The van der Waals surface area contributed by atoms with E-state index in [2.05, 4.69) is 65.1 Å². The zero-order valence-corrected chi connectivity index (χ0v) is 21.4. The fourth-order valence-corrected chi connectivity index (χ4v) is 4.20. The molecule has 9 heteroatoms. The summed E-state index contributed by atoms with van der Waals surface area (Å²) in [5, 5.41) is 12.2. The Kier molecular flexibility index (Phi) is 6.88. The number of hydrogen-bond donors (Lipinski definition) is 1. The number of nitrogens with zero attached hydrogens (tertiary/aromatic N) is 6. The summed E-state index contributed by atoms with van der Waals surface area (Å²) in [6, 6.07) is 10.5. The summed E-state index contributed by atoms with van der Waals surface area (Å²) in [6.45, 7) is 6.81. The van der Waals surface area contributed by atoms with Crippen LogP contribution in [-0.2, 0) is 4.79 Å². The second-order valence-corrected chi connectivity index (χ2v) is 9.34. The normalized spacial score (nSPS) is 12.5. The minimum atomic E-state index is 0.0855. The van der Waals surface area contributed by atoms with Crippen molar-refractivity contribution < 1.29 is 9.53 Å². The van der Waals surface area contributed by atoms with Crippen LogP contribution in [0.3, 0.4) is 0 Å². The number of benzene rings is 1. The van der Waals surface area contributed by atoms with Gasteiger partial charge in [0.1, 0.15) is 6.33 Å². The number of ether oxygens (including phenoxy) is 1. The van der Waals surface area contributed by atoms with Crippen molar-refractivity contribution >= 4 is 11.6 Å². The van der Waals surface area contributed by atoms with Crippen LogP contribution in [0.15, 0.2) is 42.9 Å². The molecule has 0 bridgehead atoms. The maximum absolute atomic E-state index is 12.1. The van der Waals surface area contributed by atoms with E-state index in [0.717, 1.165) is 33.6 Å². The van der Waals surface area contributed by atoms with Crippen molar-refractivity contribution in [1.29, 1.82) is 0 Å². The monoisotopic (exact) mass is 475 g/mol. The summed E-state index contributed by atoms with van der Waals surface area (Å²) in [5.41, 5.74) is 6.76. The molecule has 184 valence electrons. The molecule has 35 heavy (non-hydrogen) atoms. The van der Waals surface area contributed by atoms with Gasteiger partial charge in [0, 0.05) is 43.0 Å². The van der Waals surface area contributed by atoms with E-state index in [9.17, 15) is 4.79 Å². The SMILES string of the molecule is COc1cc(-c2[nH]nc(-c3ccc([C@H](C)N(C)CC(=O)N(C)C)cc3)c2C(C)C)cn2ncnc12. The zero-order chi connectivity index (χ0) is 25.3. The Morgan fingerprint density at radius 1 is 1.11 bits per heavy atom. The van der Waals surface area contributed by atoms with Crippen molar-refractivity contribution in [3.63, 3.8) is 0 Å². The summed E-state index contributed by atoms with van der Waals surface area (Å²) in [7, 11) is 7.16. The lowest BCUT2D eigenvalue weighted by atomic mass is 9.93. The van der Waals surface area contributed by atoms with Gasteiger partial charge in [0.05, 0.1) is 25.0 Å². The summed E-state index contributed by atoms with van der Waals surface area (Å²) in [5.74, 6) is 0.973. The third-order valence-electron chi connectivity index (χ3n) is 6.44. The largest absolute Gasteiger partial charge is 0.493 e. The maximum atomic E-state index is 12.1. The molecule has 0 spiro atoms. The van der Waals surface area contributed by atoms with E-state index >= 15 is 0 Å². The molecule has 0 radical (unpaired) electrons. The predicted octanol–water partition coefficient (Wildman–Crippen LogP) is 4.00. The van der Waals surface area contributed by atoms with Crippen LogP contribution >= 0.6 is 0 Å². The van der Waals surface area contributed by atoms with Gasteiger partial charge in [-0.15, -0.1) is 0 Å². The van der Waals surface area contributed by atoms with Crippen LogP contribution in [0, 0.1) is 0 Å². The smallest absolute Gasteiger partial charge is 0.236 e. The van der Waals surface area contributed by atoms with Gasteiger partial charge in [-0.25, -0.2) is 9.50 Å². The molecule has 0 saturated carbocycles. The minimum Gasteiger partial charge on any atom is -0.493 e. The van der Waals surface area contributed by atoms with Crippen molar-refractivity contribution in [2.45, 2.75) is 32.7 Å². The van der Waals surface area contributed by atoms with Gasteiger partial charge in [-0.05, 0) is 31.5 Å². The molecule has 0 aliphatic rings. The molecule has 1 N–H and O–H groups in total. The number of aromatic nitrogens is 5. The van der Waals surface area contributed by atoms with E-state index < -0.39 is 0 Å². The Balaban J connectivity index is 1.66. The first-order valence-electron chi connectivity index (χ1n) is 11.7. The highest BCUT2D eigenvalue weighted by atomic mass is 16.5. The molecular formula is C26H33N7O2. The first kappa shape index (κ1) is 24.4. The summed E-state index contributed by atoms with van der Waals surface area (Å²) < 4.78 is 7.26. The van der Waals surface area contributed by atoms with Crippen LogP contribution in [0.2, 0.25) is 0 Å². The summed E-state index contributed by atoms with van der Waals surface area (Å²) in [4.78, 5) is 20.0. The molecule has 1 aromatic carbocycles. The lowest BCUT2D eigenvalue weighted by Crippen LogP contribution is -2.35. The third-order valence-corrected chi connectivity index (χ3v) is 6.44. The minimum absolute atomic E-state index is 0.0855. The van der Waals surface area contributed by atoms with E-state index in [1.165, 1.54) is 6.33 Å². The second-order valence-electron chi connectivity index (χ2n) is 9.34. The number of rotatable bonds is 8. The standard InChI is InChI=1S/C26H33N7O2/c1-16(2)23-24(19-10-8-18(9-11-19)17(3)32(6)14-22(34)31(4)5)29-30-25(23)20-12-21(35-7)26-27-15-28-33(26)13-20/h8-13,15-17H,14H2,1-7H3,(H,29,30)/t17-/m0/s1. The Morgan fingerprint density at radius 3 is 2.46 bits per heavy atom. The Morgan fingerprint density at radius 2 is 1.83 bits per heavy atom. The fourth-order valence-electron chi connectivity index (χ4n) is 4.20. The molecule has 0 saturated heterocycles. The van der Waals surface area contributed by atoms with E-state index in [-0.39, 0.29) is 17.9 Å². The molecule has 0 aliphatic carbocycles. The topological polar surface area (TPSA) is 91.7 Å². The van der Waals surface area contributed by atoms with Gasteiger partial charge in [-0.1, -0.05) is 38.1 Å². The number of hydrogen-bond acceptors (Lipinski definition) is 6. The van der Waals surface area contributed by atoms with Crippen molar-refractivity contribution in [2.24, 2.45) is 0 Å². The van der Waals surface area contributed by atoms with Gasteiger partial charge in [-0.3, -0.25) is 14.8 Å². The average molecular weight is 476 g/mol. The van der Waals surface area contributed by atoms with E-state index in [4.69, 9.17) is 9.84 Å². The van der Waals surface area contributed by atoms with Gasteiger partial charge < -0.3 is 9.64 Å². The molecular weight excluding hydrogens is 442 g/mol. The Hall–Kier alpha value is -3.72. The lowest BCUT2D eigenvalue weighted by Gasteiger charge is -2.26. The average Bonchev–Trinajstić information content (AvgIpc) is 3.50. The zero-order valence-electron chi connectivity index (χ0n) is 21.4. The number of nitrogens with one attached hydrogen (secondary N) is 1. The number of carbonyl (C=O) groups excluding carboxylic acids is 1. The number of H-pyrrole nitrogens is 1. The number of fused-ring (bicyclic) bond motifs is 1. The number of pyridine rings is 1. The van der Waals surface area contributed by atoms with Crippen LogP contribution < -0.4 is 4.74 Å². The van der Waals surface area contributed by atoms with Gasteiger partial charge in [0.25, 0.3) is 0 Å². The first-order valence-corrected chi connectivity index (χ1v) is 11.7. The Bertz CT molecular complexity index is 1320. The van der Waals surface area contributed by atoms with Crippen LogP contribution in [0.1, 0.15) is 43.9 Å². The molecule has 0 fully saturated rings. The van der Waals surface area contributed by atoms with Crippen molar-refractivity contribution in [1.82, 2.24) is 34.6 Å². The van der Waals surface area contributed by atoms with Gasteiger partial charge in [-0.2, -0.15) is 10.2 Å². The van der Waals surface area contributed by atoms with Crippen LogP contribution in [-0.4, -0.2) is 75.3 Å². The number of likely N-dealkylation sites (N-methyl/N-ethyl adjacent to an activating group) is 2. The van der Waals surface area contributed by atoms with E-state index in [0.29, 0.717) is 17.9 Å². The molecule has 1 amide bonds. The molecule has 1 atom stereocenters. The molecule has 0 aliphatic heterocycles. The highest BCUT2D eigenvalue weighted by molar-refractivity contribution is 5.78. The van der Waals surface area contributed by atoms with E-state index in [1.54, 1.807) is 30.6 Å². The fraction of sp³-hybridized carbons (Fsp3) is 0.385. The number of carbonyl (C=O) groups is 1. The first-order chi connectivity index (χ1) is 16.7. The summed E-state index contributed by atoms with van der Waals surface area (Å²) >= 11 is 0. The van der Waals surface area contributed by atoms with Crippen molar-refractivity contribution in [2.75, 3.05) is 34.8 Å². The van der Waals surface area contributed by atoms with Gasteiger partial charge >= 0.3 is 0 Å².